The average molecular weight is 221 g/mol. The highest BCUT2D eigenvalue weighted by molar-refractivity contribution is 5.95. The molecule has 1 N–H and O–H groups in total. The number of nitrogens with one attached hydrogen (secondary N) is 1. The predicted octanol–water partition coefficient (Wildman–Crippen LogP) is 1.65. The van der Waals surface area contributed by atoms with E-state index in [1.54, 1.807) is 6.20 Å². The standard InChI is InChI=1S/C12H19N3O/c1-9(2)15-7-6-14-12(15)11(16)10-4-3-5-13-8-10/h6-7,9-10,13H,3-5,8H2,1-2H3. The third-order valence-corrected chi connectivity index (χ3v) is 3.11. The topological polar surface area (TPSA) is 46.9 Å². The van der Waals surface area contributed by atoms with Crippen LogP contribution >= 0.6 is 0 Å². The highest BCUT2D eigenvalue weighted by Crippen LogP contribution is 2.17. The Morgan fingerprint density at radius 1 is 1.62 bits per heavy atom. The number of imidazole rings is 1. The smallest absolute Gasteiger partial charge is 0.202 e. The number of rotatable bonds is 3. The molecule has 0 radical (unpaired) electrons. The van der Waals surface area contributed by atoms with Crippen LogP contribution in [0.4, 0.5) is 0 Å². The molecule has 1 saturated heterocycles. The van der Waals surface area contributed by atoms with Gasteiger partial charge in [-0.05, 0) is 33.2 Å². The van der Waals surface area contributed by atoms with Crippen LogP contribution in [0.15, 0.2) is 12.4 Å². The molecule has 0 saturated carbocycles. The summed E-state index contributed by atoms with van der Waals surface area (Å²) in [4.78, 5) is 16.5. The van der Waals surface area contributed by atoms with Crippen molar-refractivity contribution in [3.05, 3.63) is 18.2 Å². The Kier molecular flexibility index (Phi) is 3.39. The number of ketones is 1. The molecule has 2 heterocycles. The van der Waals surface area contributed by atoms with Gasteiger partial charge in [-0.15, -0.1) is 0 Å². The number of hydrogen-bond donors (Lipinski definition) is 1. The number of nitrogens with zero attached hydrogens (tertiary/aromatic N) is 2. The quantitative estimate of drug-likeness (QED) is 0.789. The molecule has 4 heteroatoms. The average Bonchev–Trinajstić information content (AvgIpc) is 2.78. The van der Waals surface area contributed by atoms with E-state index in [2.05, 4.69) is 24.1 Å². The van der Waals surface area contributed by atoms with E-state index in [-0.39, 0.29) is 17.7 Å². The largest absolute Gasteiger partial charge is 0.326 e. The van der Waals surface area contributed by atoms with E-state index < -0.39 is 0 Å². The molecule has 1 fully saturated rings. The van der Waals surface area contributed by atoms with Crippen molar-refractivity contribution in [1.82, 2.24) is 14.9 Å². The summed E-state index contributed by atoms with van der Waals surface area (Å²) in [7, 11) is 0. The molecule has 1 aliphatic rings. The van der Waals surface area contributed by atoms with Crippen molar-refractivity contribution >= 4 is 5.78 Å². The van der Waals surface area contributed by atoms with Gasteiger partial charge in [-0.1, -0.05) is 0 Å². The highest BCUT2D eigenvalue weighted by Gasteiger charge is 2.25. The minimum Gasteiger partial charge on any atom is -0.326 e. The summed E-state index contributed by atoms with van der Waals surface area (Å²) in [5.41, 5.74) is 0. The van der Waals surface area contributed by atoms with Gasteiger partial charge in [0.25, 0.3) is 0 Å². The molecule has 1 aromatic heterocycles. The van der Waals surface area contributed by atoms with Gasteiger partial charge in [0, 0.05) is 30.9 Å². The van der Waals surface area contributed by atoms with E-state index in [9.17, 15) is 4.79 Å². The van der Waals surface area contributed by atoms with Gasteiger partial charge in [-0.2, -0.15) is 0 Å². The Morgan fingerprint density at radius 3 is 3.06 bits per heavy atom. The zero-order valence-electron chi connectivity index (χ0n) is 9.94. The highest BCUT2D eigenvalue weighted by atomic mass is 16.1. The normalized spacial score (nSPS) is 21.3. The van der Waals surface area contributed by atoms with Crippen LogP contribution in [0.5, 0.6) is 0 Å². The molecule has 16 heavy (non-hydrogen) atoms. The van der Waals surface area contributed by atoms with Crippen molar-refractivity contribution in [1.29, 1.82) is 0 Å². The van der Waals surface area contributed by atoms with Crippen LogP contribution in [-0.4, -0.2) is 28.4 Å². The van der Waals surface area contributed by atoms with Crippen molar-refractivity contribution in [2.24, 2.45) is 5.92 Å². The van der Waals surface area contributed by atoms with E-state index in [0.717, 1.165) is 25.9 Å². The third-order valence-electron chi connectivity index (χ3n) is 3.11. The molecule has 0 aromatic carbocycles. The van der Waals surface area contributed by atoms with Crippen LogP contribution in [0, 0.1) is 5.92 Å². The Balaban J connectivity index is 2.16. The van der Waals surface area contributed by atoms with Gasteiger partial charge in [0.05, 0.1) is 0 Å². The maximum absolute atomic E-state index is 12.3. The first-order valence-corrected chi connectivity index (χ1v) is 5.98. The molecule has 0 bridgehead atoms. The van der Waals surface area contributed by atoms with Crippen LogP contribution in [0.3, 0.4) is 0 Å². The van der Waals surface area contributed by atoms with Crippen LogP contribution in [0.2, 0.25) is 0 Å². The maximum atomic E-state index is 12.3. The second kappa shape index (κ2) is 4.78. The summed E-state index contributed by atoms with van der Waals surface area (Å²) in [5, 5.41) is 3.27. The van der Waals surface area contributed by atoms with Gasteiger partial charge in [0.2, 0.25) is 5.78 Å². The lowest BCUT2D eigenvalue weighted by molar-refractivity contribution is 0.0882. The molecule has 0 spiro atoms. The molecule has 88 valence electrons. The number of Topliss-reactive ketones (excluding diaryl/α,β-unsaturated/α-hetero) is 1. The zero-order valence-corrected chi connectivity index (χ0v) is 9.94. The minimum absolute atomic E-state index is 0.105. The number of hydrogen-bond acceptors (Lipinski definition) is 3. The molecule has 1 unspecified atom stereocenters. The maximum Gasteiger partial charge on any atom is 0.202 e. The van der Waals surface area contributed by atoms with Crippen molar-refractivity contribution in [2.45, 2.75) is 32.7 Å². The Bertz CT molecular complexity index is 364. The van der Waals surface area contributed by atoms with Gasteiger partial charge in [-0.25, -0.2) is 4.98 Å². The molecule has 2 rings (SSSR count). The van der Waals surface area contributed by atoms with Crippen molar-refractivity contribution in [2.75, 3.05) is 13.1 Å². The van der Waals surface area contributed by atoms with Gasteiger partial charge < -0.3 is 9.88 Å². The van der Waals surface area contributed by atoms with E-state index in [1.165, 1.54) is 0 Å². The number of carbonyl (C=O) groups is 1. The van der Waals surface area contributed by atoms with E-state index in [4.69, 9.17) is 0 Å². The summed E-state index contributed by atoms with van der Waals surface area (Å²) in [5.74, 6) is 0.906. The number of carbonyl (C=O) groups excluding carboxylic acids is 1. The lowest BCUT2D eigenvalue weighted by Crippen LogP contribution is -2.35. The van der Waals surface area contributed by atoms with E-state index in [1.807, 2.05) is 10.8 Å². The molecule has 0 amide bonds. The molecule has 0 aliphatic carbocycles. The molecule has 1 aromatic rings. The van der Waals surface area contributed by atoms with Gasteiger partial charge in [-0.3, -0.25) is 4.79 Å². The first kappa shape index (κ1) is 11.3. The molecular formula is C12H19N3O. The minimum atomic E-state index is 0.105. The summed E-state index contributed by atoms with van der Waals surface area (Å²) < 4.78 is 1.96. The lowest BCUT2D eigenvalue weighted by atomic mass is 9.94. The fourth-order valence-corrected chi connectivity index (χ4v) is 2.18. The predicted molar refractivity (Wildman–Crippen MR) is 62.5 cm³/mol. The molecule has 1 aliphatic heterocycles. The van der Waals surface area contributed by atoms with Crippen LogP contribution in [0.25, 0.3) is 0 Å². The zero-order chi connectivity index (χ0) is 11.5. The van der Waals surface area contributed by atoms with Crippen molar-refractivity contribution in [3.8, 4) is 0 Å². The van der Waals surface area contributed by atoms with Crippen molar-refractivity contribution in [3.63, 3.8) is 0 Å². The van der Waals surface area contributed by atoms with E-state index >= 15 is 0 Å². The monoisotopic (exact) mass is 221 g/mol. The van der Waals surface area contributed by atoms with Gasteiger partial charge in [0.1, 0.15) is 0 Å². The first-order valence-electron chi connectivity index (χ1n) is 5.98. The third kappa shape index (κ3) is 2.16. The molecular weight excluding hydrogens is 202 g/mol. The summed E-state index contributed by atoms with van der Waals surface area (Å²) in [6.07, 6.45) is 5.66. The fraction of sp³-hybridized carbons (Fsp3) is 0.667. The second-order valence-corrected chi connectivity index (χ2v) is 4.66. The Morgan fingerprint density at radius 2 is 2.44 bits per heavy atom. The van der Waals surface area contributed by atoms with E-state index in [0.29, 0.717) is 5.82 Å². The Labute approximate surface area is 96.1 Å². The van der Waals surface area contributed by atoms with Crippen molar-refractivity contribution < 1.29 is 4.79 Å². The summed E-state index contributed by atoms with van der Waals surface area (Å²) in [6.45, 7) is 5.96. The first-order chi connectivity index (χ1) is 7.70. The summed E-state index contributed by atoms with van der Waals surface area (Å²) >= 11 is 0. The lowest BCUT2D eigenvalue weighted by Gasteiger charge is -2.22. The van der Waals surface area contributed by atoms with Crippen LogP contribution in [0.1, 0.15) is 43.3 Å². The SMILES string of the molecule is CC(C)n1ccnc1C(=O)C1CCCNC1. The molecule has 1 atom stereocenters. The summed E-state index contributed by atoms with van der Waals surface area (Å²) in [6, 6.07) is 0.290. The second-order valence-electron chi connectivity index (χ2n) is 4.66. The van der Waals surface area contributed by atoms with Crippen LogP contribution in [-0.2, 0) is 0 Å². The van der Waals surface area contributed by atoms with Gasteiger partial charge >= 0.3 is 0 Å². The van der Waals surface area contributed by atoms with Crippen LogP contribution < -0.4 is 5.32 Å². The number of piperidine rings is 1. The van der Waals surface area contributed by atoms with Gasteiger partial charge in [0.15, 0.2) is 5.82 Å². The molecule has 4 nitrogen and oxygen atoms in total. The Hall–Kier alpha value is -1.16. The fourth-order valence-electron chi connectivity index (χ4n) is 2.18. The number of aromatic nitrogens is 2.